The van der Waals surface area contributed by atoms with Crippen molar-refractivity contribution in [2.24, 2.45) is 0 Å². The van der Waals surface area contributed by atoms with Gasteiger partial charge in [0.05, 0.1) is 6.10 Å². The van der Waals surface area contributed by atoms with Crippen LogP contribution in [0.2, 0.25) is 0 Å². The van der Waals surface area contributed by atoms with E-state index in [9.17, 15) is 5.11 Å². The van der Waals surface area contributed by atoms with Gasteiger partial charge in [0.1, 0.15) is 0 Å². The van der Waals surface area contributed by atoms with Gasteiger partial charge in [-0.1, -0.05) is 0 Å². The van der Waals surface area contributed by atoms with E-state index in [-0.39, 0.29) is 0 Å². The van der Waals surface area contributed by atoms with Gasteiger partial charge in [-0.25, -0.2) is 0 Å². The Hall–Kier alpha value is 0.100. The van der Waals surface area contributed by atoms with Crippen LogP contribution in [0.25, 0.3) is 0 Å². The van der Waals surface area contributed by atoms with Crippen LogP contribution in [0.15, 0.2) is 15.2 Å². The molecule has 0 amide bonds. The van der Waals surface area contributed by atoms with Gasteiger partial charge in [0.25, 0.3) is 0 Å². The highest BCUT2D eigenvalue weighted by atomic mass is 79.9. The molecule has 62 valence electrons. The minimum atomic E-state index is -0.402. The Bertz CT molecular complexity index is 226. The number of aliphatic hydroxyl groups is 1. The minimum absolute atomic E-state index is 0.402. The maximum absolute atomic E-state index is 9.50. The van der Waals surface area contributed by atoms with Gasteiger partial charge in [0.15, 0.2) is 0 Å². The van der Waals surface area contributed by atoms with E-state index in [2.05, 4.69) is 21.2 Å². The summed E-state index contributed by atoms with van der Waals surface area (Å²) in [6.07, 6.45) is -0.402. The summed E-state index contributed by atoms with van der Waals surface area (Å²) >= 11 is 4.95. The Morgan fingerprint density at radius 1 is 1.73 bits per heavy atom. The average Bonchev–Trinajstić information content (AvgIpc) is 2.36. The second-order valence-corrected chi connectivity index (χ2v) is 3.85. The van der Waals surface area contributed by atoms with Crippen LogP contribution in [0.1, 0.15) is 11.7 Å². The zero-order chi connectivity index (χ0) is 8.27. The fraction of sp³-hybridized carbons (Fsp3) is 0.429. The number of hydrogen-bond acceptors (Lipinski definition) is 3. The molecule has 1 rings (SSSR count). The van der Waals surface area contributed by atoms with E-state index in [1.54, 1.807) is 11.3 Å². The van der Waals surface area contributed by atoms with Crippen molar-refractivity contribution >= 4 is 27.3 Å². The molecule has 0 saturated carbocycles. The van der Waals surface area contributed by atoms with Crippen LogP contribution in [0, 0.1) is 0 Å². The molecule has 0 saturated heterocycles. The molecule has 0 aromatic carbocycles. The molecule has 4 heteroatoms. The third-order valence-corrected chi connectivity index (χ3v) is 3.15. The summed E-state index contributed by atoms with van der Waals surface area (Å²) in [5.74, 6) is 0. The van der Waals surface area contributed by atoms with E-state index in [0.717, 1.165) is 10.0 Å². The second kappa shape index (κ2) is 4.21. The quantitative estimate of drug-likeness (QED) is 0.838. The first kappa shape index (κ1) is 9.19. The van der Waals surface area contributed by atoms with E-state index in [4.69, 9.17) is 0 Å². The lowest BCUT2D eigenvalue weighted by Crippen LogP contribution is -2.16. The number of nitrogens with one attached hydrogen (secondary N) is 1. The van der Waals surface area contributed by atoms with Crippen molar-refractivity contribution in [3.63, 3.8) is 0 Å². The zero-order valence-electron chi connectivity index (χ0n) is 6.17. The van der Waals surface area contributed by atoms with Gasteiger partial charge in [0.2, 0.25) is 0 Å². The number of rotatable bonds is 3. The Morgan fingerprint density at radius 3 is 2.91 bits per heavy atom. The van der Waals surface area contributed by atoms with Crippen molar-refractivity contribution in [2.45, 2.75) is 6.10 Å². The number of likely N-dealkylation sites (N-methyl/N-ethyl adjacent to an activating group) is 1. The summed E-state index contributed by atoms with van der Waals surface area (Å²) in [4.78, 5) is 0. The number of aliphatic hydroxyl groups excluding tert-OH is 1. The van der Waals surface area contributed by atoms with E-state index in [1.165, 1.54) is 0 Å². The summed E-state index contributed by atoms with van der Waals surface area (Å²) in [7, 11) is 1.82. The molecule has 0 aliphatic rings. The van der Waals surface area contributed by atoms with Gasteiger partial charge in [-0.3, -0.25) is 0 Å². The maximum Gasteiger partial charge on any atom is 0.0933 e. The molecule has 1 atom stereocenters. The predicted molar refractivity (Wildman–Crippen MR) is 50.9 cm³/mol. The van der Waals surface area contributed by atoms with E-state index in [0.29, 0.717) is 6.54 Å². The van der Waals surface area contributed by atoms with Crippen LogP contribution < -0.4 is 5.32 Å². The summed E-state index contributed by atoms with van der Waals surface area (Å²) in [6.45, 7) is 0.593. The monoisotopic (exact) mass is 235 g/mol. The van der Waals surface area contributed by atoms with E-state index in [1.807, 2.05) is 17.8 Å². The number of thiophene rings is 1. The van der Waals surface area contributed by atoms with Crippen molar-refractivity contribution < 1.29 is 5.11 Å². The maximum atomic E-state index is 9.50. The fourth-order valence-corrected chi connectivity index (χ4v) is 2.44. The highest BCUT2D eigenvalue weighted by Gasteiger charge is 2.10. The molecular formula is C7H10BrNOS. The molecule has 0 aliphatic carbocycles. The van der Waals surface area contributed by atoms with Crippen LogP contribution in [0.4, 0.5) is 0 Å². The number of halogens is 1. The molecule has 0 bridgehead atoms. The Kier molecular flexibility index (Phi) is 3.51. The molecule has 1 unspecified atom stereocenters. The van der Waals surface area contributed by atoms with Crippen LogP contribution in [-0.4, -0.2) is 18.7 Å². The molecule has 0 spiro atoms. The highest BCUT2D eigenvalue weighted by molar-refractivity contribution is 9.10. The van der Waals surface area contributed by atoms with Crippen LogP contribution >= 0.6 is 27.3 Å². The molecular weight excluding hydrogens is 226 g/mol. The van der Waals surface area contributed by atoms with Crippen LogP contribution in [0.3, 0.4) is 0 Å². The Morgan fingerprint density at radius 2 is 2.45 bits per heavy atom. The third kappa shape index (κ3) is 2.27. The van der Waals surface area contributed by atoms with E-state index >= 15 is 0 Å². The first-order chi connectivity index (χ1) is 5.25. The second-order valence-electron chi connectivity index (χ2n) is 2.25. The van der Waals surface area contributed by atoms with Gasteiger partial charge in [-0.05, 0) is 28.4 Å². The van der Waals surface area contributed by atoms with Crippen molar-refractivity contribution in [1.82, 2.24) is 5.32 Å². The average molecular weight is 236 g/mol. The molecule has 2 nitrogen and oxygen atoms in total. The molecule has 2 N–H and O–H groups in total. The van der Waals surface area contributed by atoms with Gasteiger partial charge >= 0.3 is 0 Å². The number of hydrogen-bond donors (Lipinski definition) is 2. The lowest BCUT2D eigenvalue weighted by Gasteiger charge is -2.07. The van der Waals surface area contributed by atoms with Crippen molar-refractivity contribution in [3.8, 4) is 0 Å². The van der Waals surface area contributed by atoms with Gasteiger partial charge in [-0.15, -0.1) is 0 Å². The smallest absolute Gasteiger partial charge is 0.0933 e. The summed E-state index contributed by atoms with van der Waals surface area (Å²) in [6, 6.07) is 0. The molecule has 1 aromatic heterocycles. The molecule has 1 heterocycles. The molecule has 11 heavy (non-hydrogen) atoms. The molecule has 0 radical (unpaired) electrons. The van der Waals surface area contributed by atoms with E-state index < -0.39 is 6.10 Å². The lowest BCUT2D eigenvalue weighted by molar-refractivity contribution is 0.177. The van der Waals surface area contributed by atoms with Crippen LogP contribution in [0.5, 0.6) is 0 Å². The van der Waals surface area contributed by atoms with Crippen molar-refractivity contribution in [2.75, 3.05) is 13.6 Å². The normalized spacial score (nSPS) is 13.4. The lowest BCUT2D eigenvalue weighted by atomic mass is 10.2. The topological polar surface area (TPSA) is 32.3 Å². The molecule has 0 fully saturated rings. The minimum Gasteiger partial charge on any atom is -0.387 e. The molecule has 0 aliphatic heterocycles. The highest BCUT2D eigenvalue weighted by Crippen LogP contribution is 2.26. The van der Waals surface area contributed by atoms with Gasteiger partial charge in [-0.2, -0.15) is 11.3 Å². The summed E-state index contributed by atoms with van der Waals surface area (Å²) < 4.78 is 0.991. The van der Waals surface area contributed by atoms with Crippen molar-refractivity contribution in [3.05, 3.63) is 20.8 Å². The van der Waals surface area contributed by atoms with Gasteiger partial charge in [0, 0.05) is 22.0 Å². The fourth-order valence-electron chi connectivity index (χ4n) is 0.832. The first-order valence-corrected chi connectivity index (χ1v) is 5.03. The van der Waals surface area contributed by atoms with Crippen LogP contribution in [-0.2, 0) is 0 Å². The first-order valence-electron chi connectivity index (χ1n) is 3.30. The Labute approximate surface area is 78.4 Å². The zero-order valence-corrected chi connectivity index (χ0v) is 8.58. The van der Waals surface area contributed by atoms with Gasteiger partial charge < -0.3 is 10.4 Å². The predicted octanol–water partition coefficient (Wildman–Crippen LogP) is 1.76. The Balaban J connectivity index is 2.67. The SMILES string of the molecule is CNCC(O)c1cscc1Br. The van der Waals surface area contributed by atoms with Crippen molar-refractivity contribution in [1.29, 1.82) is 0 Å². The standard InChI is InChI=1S/C7H10BrNOS/c1-9-2-7(10)5-3-11-4-6(5)8/h3-4,7,9-10H,2H2,1H3. The summed E-state index contributed by atoms with van der Waals surface area (Å²) in [5, 5.41) is 16.3. The summed E-state index contributed by atoms with van der Waals surface area (Å²) in [5.41, 5.74) is 0.962. The third-order valence-electron chi connectivity index (χ3n) is 1.40. The largest absolute Gasteiger partial charge is 0.387 e. The molecule has 1 aromatic rings.